The van der Waals surface area contributed by atoms with Crippen LogP contribution in [0.5, 0.6) is 0 Å². The molecule has 1 aromatic carbocycles. The monoisotopic (exact) mass is 452 g/mol. The highest BCUT2D eigenvalue weighted by molar-refractivity contribution is 6.37. The van der Waals surface area contributed by atoms with Gasteiger partial charge in [-0.1, -0.05) is 17.2 Å². The number of hydrogen-bond acceptors (Lipinski definition) is 3. The standard InChI is InChI=1S/C25H26ClFN4O/c1-14(2)31-13-21(26)24-20(25(32)30-12-19-11-28-16(4)7-15(19)3)8-18(9-22(24)31)17-5-6-23(27)29-10-17/h5-6,8-10,13-14H,7,11-12H2,1-4H3,(H,30,32). The van der Waals surface area contributed by atoms with Crippen molar-refractivity contribution in [2.75, 3.05) is 13.1 Å². The van der Waals surface area contributed by atoms with Crippen LogP contribution in [0.4, 0.5) is 4.39 Å². The lowest BCUT2D eigenvalue weighted by atomic mass is 9.99. The number of hydrogen-bond donors (Lipinski definition) is 1. The van der Waals surface area contributed by atoms with E-state index in [4.69, 9.17) is 11.6 Å². The first-order chi connectivity index (χ1) is 15.2. The van der Waals surface area contributed by atoms with Crippen LogP contribution in [0, 0.1) is 5.95 Å². The first kappa shape index (κ1) is 22.2. The lowest BCUT2D eigenvalue weighted by molar-refractivity contribution is 0.0958. The number of allylic oxidation sites excluding steroid dienone is 1. The number of aliphatic imine (C=N–C) groups is 1. The number of fused-ring (bicyclic) bond motifs is 1. The summed E-state index contributed by atoms with van der Waals surface area (Å²) in [6, 6.07) is 6.89. The Labute approximate surface area is 192 Å². The van der Waals surface area contributed by atoms with Gasteiger partial charge in [0.15, 0.2) is 0 Å². The summed E-state index contributed by atoms with van der Waals surface area (Å²) in [7, 11) is 0. The highest BCUT2D eigenvalue weighted by Crippen LogP contribution is 2.35. The van der Waals surface area contributed by atoms with Gasteiger partial charge in [0.2, 0.25) is 5.95 Å². The summed E-state index contributed by atoms with van der Waals surface area (Å²) in [6.07, 6.45) is 4.16. The van der Waals surface area contributed by atoms with Gasteiger partial charge in [0.1, 0.15) is 0 Å². The number of amides is 1. The lowest BCUT2D eigenvalue weighted by Gasteiger charge is -2.17. The molecule has 0 saturated carbocycles. The van der Waals surface area contributed by atoms with Crippen molar-refractivity contribution in [3.63, 3.8) is 0 Å². The Hall–Kier alpha value is -2.99. The molecule has 0 unspecified atom stereocenters. The Balaban J connectivity index is 1.76. The van der Waals surface area contributed by atoms with Crippen molar-refractivity contribution < 1.29 is 9.18 Å². The summed E-state index contributed by atoms with van der Waals surface area (Å²) in [5.74, 6) is -0.752. The normalized spacial score (nSPS) is 14.3. The third kappa shape index (κ3) is 4.32. The van der Waals surface area contributed by atoms with E-state index < -0.39 is 5.95 Å². The minimum atomic E-state index is -0.546. The molecular formula is C25H26ClFN4O. The molecular weight excluding hydrogens is 427 g/mol. The molecule has 3 heterocycles. The minimum absolute atomic E-state index is 0.152. The summed E-state index contributed by atoms with van der Waals surface area (Å²) < 4.78 is 15.4. The summed E-state index contributed by atoms with van der Waals surface area (Å²) >= 11 is 6.59. The SMILES string of the molecule is CC1=NCC(CNC(=O)c2cc(-c3ccc(F)nc3)cc3c2c(Cl)cn3C(C)C)=C(C)C1. The lowest BCUT2D eigenvalue weighted by Crippen LogP contribution is -2.28. The van der Waals surface area contributed by atoms with Crippen molar-refractivity contribution in [2.45, 2.75) is 40.2 Å². The van der Waals surface area contributed by atoms with Crippen LogP contribution in [0.2, 0.25) is 5.02 Å². The van der Waals surface area contributed by atoms with Crippen LogP contribution in [0.25, 0.3) is 22.0 Å². The number of benzene rings is 1. The molecule has 5 nitrogen and oxygen atoms in total. The maximum atomic E-state index is 13.4. The largest absolute Gasteiger partial charge is 0.348 e. The maximum absolute atomic E-state index is 13.4. The number of rotatable bonds is 5. The van der Waals surface area contributed by atoms with Gasteiger partial charge in [-0.05, 0) is 63.1 Å². The number of dihydropyridines is 1. The van der Waals surface area contributed by atoms with Crippen LogP contribution in [0.3, 0.4) is 0 Å². The molecule has 166 valence electrons. The molecule has 0 fully saturated rings. The third-order valence-corrected chi connectivity index (χ3v) is 6.16. The number of nitrogens with zero attached hydrogens (tertiary/aromatic N) is 3. The molecule has 7 heteroatoms. The summed E-state index contributed by atoms with van der Waals surface area (Å²) in [5.41, 5.74) is 6.33. The van der Waals surface area contributed by atoms with Gasteiger partial charge in [-0.2, -0.15) is 4.39 Å². The highest BCUT2D eigenvalue weighted by Gasteiger charge is 2.20. The van der Waals surface area contributed by atoms with E-state index in [0.717, 1.165) is 34.3 Å². The van der Waals surface area contributed by atoms with E-state index in [0.29, 0.717) is 29.1 Å². The smallest absolute Gasteiger partial charge is 0.252 e. The first-order valence-corrected chi connectivity index (χ1v) is 11.0. The number of halogens is 2. The fourth-order valence-electron chi connectivity index (χ4n) is 4.08. The van der Waals surface area contributed by atoms with E-state index >= 15 is 0 Å². The zero-order valence-electron chi connectivity index (χ0n) is 18.7. The van der Waals surface area contributed by atoms with Gasteiger partial charge in [0, 0.05) is 48.1 Å². The van der Waals surface area contributed by atoms with E-state index in [1.807, 2.05) is 23.8 Å². The number of carbonyl (C=O) groups excluding carboxylic acids is 1. The summed E-state index contributed by atoms with van der Waals surface area (Å²) in [6.45, 7) is 9.27. The van der Waals surface area contributed by atoms with Crippen LogP contribution < -0.4 is 5.32 Å². The molecule has 1 aliphatic heterocycles. The molecule has 0 atom stereocenters. The Morgan fingerprint density at radius 3 is 2.69 bits per heavy atom. The Morgan fingerprint density at radius 1 is 1.25 bits per heavy atom. The molecule has 32 heavy (non-hydrogen) atoms. The van der Waals surface area contributed by atoms with Crippen LogP contribution in [0.15, 0.2) is 52.8 Å². The number of nitrogens with one attached hydrogen (secondary N) is 1. The Kier molecular flexibility index (Phi) is 6.15. The molecule has 0 bridgehead atoms. The second-order valence-electron chi connectivity index (χ2n) is 8.56. The molecule has 4 rings (SSSR count). The van der Waals surface area contributed by atoms with Gasteiger partial charge in [0.25, 0.3) is 5.91 Å². The van der Waals surface area contributed by atoms with Gasteiger partial charge in [-0.3, -0.25) is 9.79 Å². The van der Waals surface area contributed by atoms with E-state index in [-0.39, 0.29) is 11.9 Å². The molecule has 2 aromatic heterocycles. The van der Waals surface area contributed by atoms with Crippen molar-refractivity contribution in [3.05, 3.63) is 64.3 Å². The van der Waals surface area contributed by atoms with E-state index in [2.05, 4.69) is 36.1 Å². The quantitative estimate of drug-likeness (QED) is 0.382. The van der Waals surface area contributed by atoms with Crippen LogP contribution in [-0.2, 0) is 0 Å². The van der Waals surface area contributed by atoms with Crippen LogP contribution in [0.1, 0.15) is 50.5 Å². The molecule has 0 spiro atoms. The third-order valence-electron chi connectivity index (χ3n) is 5.88. The highest BCUT2D eigenvalue weighted by atomic mass is 35.5. The zero-order valence-corrected chi connectivity index (χ0v) is 19.4. The van der Waals surface area contributed by atoms with Gasteiger partial charge < -0.3 is 9.88 Å². The van der Waals surface area contributed by atoms with Gasteiger partial charge in [0.05, 0.1) is 22.6 Å². The molecule has 0 aliphatic carbocycles. The number of pyridine rings is 1. The molecule has 3 aromatic rings. The minimum Gasteiger partial charge on any atom is -0.348 e. The fraction of sp³-hybridized carbons (Fsp3) is 0.320. The number of aromatic nitrogens is 2. The molecule has 1 amide bonds. The van der Waals surface area contributed by atoms with Crippen molar-refractivity contribution >= 4 is 34.1 Å². The van der Waals surface area contributed by atoms with Crippen LogP contribution >= 0.6 is 11.6 Å². The van der Waals surface area contributed by atoms with Crippen LogP contribution in [-0.4, -0.2) is 34.3 Å². The molecule has 0 saturated heterocycles. The molecule has 0 radical (unpaired) electrons. The zero-order chi connectivity index (χ0) is 23.0. The number of carbonyl (C=O) groups is 1. The average molecular weight is 453 g/mol. The maximum Gasteiger partial charge on any atom is 0.252 e. The predicted molar refractivity (Wildman–Crippen MR) is 128 cm³/mol. The first-order valence-electron chi connectivity index (χ1n) is 10.7. The van der Waals surface area contributed by atoms with E-state index in [1.165, 1.54) is 17.8 Å². The second kappa shape index (κ2) is 8.87. The topological polar surface area (TPSA) is 59.3 Å². The summed E-state index contributed by atoms with van der Waals surface area (Å²) in [4.78, 5) is 21.6. The second-order valence-corrected chi connectivity index (χ2v) is 8.97. The fourth-order valence-corrected chi connectivity index (χ4v) is 4.38. The van der Waals surface area contributed by atoms with Gasteiger partial charge in [-0.25, -0.2) is 4.98 Å². The predicted octanol–water partition coefficient (Wildman–Crippen LogP) is 5.99. The summed E-state index contributed by atoms with van der Waals surface area (Å²) in [5, 5.41) is 4.28. The van der Waals surface area contributed by atoms with Gasteiger partial charge >= 0.3 is 0 Å². The Bertz CT molecular complexity index is 1260. The molecule has 1 aliphatic rings. The van der Waals surface area contributed by atoms with Gasteiger partial charge in [-0.15, -0.1) is 0 Å². The van der Waals surface area contributed by atoms with E-state index in [1.54, 1.807) is 12.1 Å². The average Bonchev–Trinajstić information content (AvgIpc) is 3.09. The van der Waals surface area contributed by atoms with E-state index in [9.17, 15) is 9.18 Å². The van der Waals surface area contributed by atoms with Crippen molar-refractivity contribution in [2.24, 2.45) is 4.99 Å². The van der Waals surface area contributed by atoms with Crippen molar-refractivity contribution in [3.8, 4) is 11.1 Å². The van der Waals surface area contributed by atoms with Crippen molar-refractivity contribution in [1.82, 2.24) is 14.9 Å². The Morgan fingerprint density at radius 2 is 2.03 bits per heavy atom. The molecule has 1 N–H and O–H groups in total. The van der Waals surface area contributed by atoms with Crippen molar-refractivity contribution in [1.29, 1.82) is 0 Å².